The van der Waals surface area contributed by atoms with Crippen molar-refractivity contribution in [2.45, 2.75) is 155 Å². The number of ether oxygens (including phenoxy) is 1. The van der Waals surface area contributed by atoms with E-state index in [1.807, 2.05) is 0 Å². The van der Waals surface area contributed by atoms with E-state index >= 15 is 0 Å². The maximum absolute atomic E-state index is 12.0. The molecule has 2 unspecified atom stereocenters. The quantitative estimate of drug-likeness (QED) is 0.0262. The number of carbonyl (C=O) groups excluding carboxylic acids is 2. The van der Waals surface area contributed by atoms with Crippen molar-refractivity contribution < 1.29 is 37.9 Å². The van der Waals surface area contributed by atoms with Gasteiger partial charge in [-0.05, 0) is 64.2 Å². The molecule has 0 heterocycles. The van der Waals surface area contributed by atoms with Crippen LogP contribution in [0.4, 0.5) is 0 Å². The number of phosphoric ester groups is 1. The molecule has 0 bridgehead atoms. The molecule has 2 atom stereocenters. The highest BCUT2D eigenvalue weighted by atomic mass is 31.2. The number of aliphatic hydroxyl groups excluding tert-OH is 1. The lowest BCUT2D eigenvalue weighted by Gasteiger charge is -2.15. The van der Waals surface area contributed by atoms with E-state index in [0.717, 1.165) is 89.9 Å². The Morgan fingerprint density at radius 2 is 1.19 bits per heavy atom. The summed E-state index contributed by atoms with van der Waals surface area (Å²) in [5, 5.41) is 12.6. The summed E-state index contributed by atoms with van der Waals surface area (Å²) >= 11 is 0. The van der Waals surface area contributed by atoms with E-state index in [4.69, 9.17) is 13.8 Å². The predicted octanol–water partition coefficient (Wildman–Crippen LogP) is 9.60. The molecule has 0 aromatic carbocycles. The third-order valence-electron chi connectivity index (χ3n) is 7.47. The minimum Gasteiger partial charge on any atom is -0.463 e. The fourth-order valence-electron chi connectivity index (χ4n) is 4.69. The maximum Gasteiger partial charge on any atom is 0.472 e. The number of amides is 1. The molecule has 0 aromatic rings. The molecule has 0 radical (unpaired) electrons. The van der Waals surface area contributed by atoms with Crippen molar-refractivity contribution in [3.8, 4) is 0 Å². The Labute approximate surface area is 292 Å². The van der Waals surface area contributed by atoms with Crippen LogP contribution >= 0.6 is 7.82 Å². The molecule has 9 nitrogen and oxygen atoms in total. The molecular weight excluding hydrogens is 629 g/mol. The molecule has 10 heteroatoms. The average molecular weight is 698 g/mol. The van der Waals surface area contributed by atoms with Crippen LogP contribution in [0.1, 0.15) is 149 Å². The fraction of sp³-hybridized carbons (Fsp3) is 0.737. The van der Waals surface area contributed by atoms with E-state index in [0.29, 0.717) is 6.42 Å². The second-order valence-corrected chi connectivity index (χ2v) is 13.6. The predicted molar refractivity (Wildman–Crippen MR) is 197 cm³/mol. The van der Waals surface area contributed by atoms with E-state index in [-0.39, 0.29) is 32.1 Å². The van der Waals surface area contributed by atoms with E-state index in [1.165, 1.54) is 32.1 Å². The monoisotopic (exact) mass is 697 g/mol. The first kappa shape index (κ1) is 46.0. The minimum atomic E-state index is -4.41. The molecule has 1 amide bonds. The summed E-state index contributed by atoms with van der Waals surface area (Å²) in [5.41, 5.74) is 0. The third-order valence-corrected chi connectivity index (χ3v) is 8.46. The second kappa shape index (κ2) is 34.8. The number of nitrogens with one attached hydrogen (secondary N) is 1. The summed E-state index contributed by atoms with van der Waals surface area (Å²) < 4.78 is 26.7. The van der Waals surface area contributed by atoms with E-state index in [1.54, 1.807) is 0 Å². The number of unbranched alkanes of at least 4 members (excludes halogenated alkanes) is 13. The van der Waals surface area contributed by atoms with Crippen LogP contribution in [-0.2, 0) is 27.9 Å². The van der Waals surface area contributed by atoms with Crippen LogP contribution < -0.4 is 5.32 Å². The van der Waals surface area contributed by atoms with Crippen molar-refractivity contribution >= 4 is 19.7 Å². The number of phosphoric acid groups is 1. The summed E-state index contributed by atoms with van der Waals surface area (Å²) in [6.45, 7) is 3.33. The van der Waals surface area contributed by atoms with E-state index < -0.39 is 26.5 Å². The van der Waals surface area contributed by atoms with Gasteiger partial charge in [0.25, 0.3) is 0 Å². The van der Waals surface area contributed by atoms with Gasteiger partial charge in [0, 0.05) is 19.4 Å². The molecule has 0 rings (SSSR count). The molecular formula is C38H68NO8P. The number of carbonyl (C=O) groups is 2. The van der Waals surface area contributed by atoms with Crippen LogP contribution in [0.3, 0.4) is 0 Å². The normalized spacial score (nSPS) is 14.0. The van der Waals surface area contributed by atoms with Crippen LogP contribution in [-0.4, -0.2) is 54.3 Å². The Morgan fingerprint density at radius 3 is 1.81 bits per heavy atom. The molecule has 0 aromatic heterocycles. The zero-order valence-corrected chi connectivity index (χ0v) is 31.1. The molecule has 0 saturated heterocycles. The lowest BCUT2D eigenvalue weighted by atomic mass is 10.1. The van der Waals surface area contributed by atoms with Crippen LogP contribution in [0.2, 0.25) is 0 Å². The number of allylic oxidation sites excluding steroid dienone is 8. The van der Waals surface area contributed by atoms with Gasteiger partial charge in [-0.15, -0.1) is 0 Å². The Kier molecular flexibility index (Phi) is 33.3. The van der Waals surface area contributed by atoms with Gasteiger partial charge in [-0.3, -0.25) is 18.6 Å². The standard InChI is InChI=1S/C38H68NO8P/c1-3-5-7-9-11-13-15-16-17-18-19-20-21-23-25-27-29-31-38(42)45-34-36(40)35-47-48(43,44)46-33-32-39-37(41)30-28-26-24-22-14-12-10-8-6-4-2/h5,7-8,10-11,13,16-17,36,40H,3-4,6,9,12,14-15,18-35H2,1-2H3,(H,39,41)(H,43,44)/b7-5-,10-8-,13-11-,17-16-. The van der Waals surface area contributed by atoms with Crippen molar-refractivity contribution in [1.82, 2.24) is 5.32 Å². The highest BCUT2D eigenvalue weighted by molar-refractivity contribution is 7.47. The molecule has 48 heavy (non-hydrogen) atoms. The summed E-state index contributed by atoms with van der Waals surface area (Å²) in [5.74, 6) is -0.542. The Balaban J connectivity index is 3.65. The zero-order valence-electron chi connectivity index (χ0n) is 30.2. The average Bonchev–Trinajstić information content (AvgIpc) is 3.07. The highest BCUT2D eigenvalue weighted by Gasteiger charge is 2.23. The summed E-state index contributed by atoms with van der Waals surface area (Å²) in [7, 11) is -4.41. The van der Waals surface area contributed by atoms with Gasteiger partial charge in [-0.2, -0.15) is 0 Å². The Hall–Kier alpha value is -2.03. The van der Waals surface area contributed by atoms with Crippen LogP contribution in [0.25, 0.3) is 0 Å². The second-order valence-electron chi connectivity index (χ2n) is 12.2. The topological polar surface area (TPSA) is 131 Å². The Bertz CT molecular complexity index is 934. The summed E-state index contributed by atoms with van der Waals surface area (Å²) in [6, 6.07) is 0. The van der Waals surface area contributed by atoms with Crippen LogP contribution in [0, 0.1) is 0 Å². The van der Waals surface area contributed by atoms with Gasteiger partial charge in [0.05, 0.1) is 13.2 Å². The van der Waals surface area contributed by atoms with Crippen molar-refractivity contribution in [2.24, 2.45) is 0 Å². The minimum absolute atomic E-state index is 0.0741. The summed E-state index contributed by atoms with van der Waals surface area (Å²) in [6.07, 6.45) is 37.6. The molecule has 0 fully saturated rings. The van der Waals surface area contributed by atoms with Crippen molar-refractivity contribution in [2.75, 3.05) is 26.4 Å². The van der Waals surface area contributed by atoms with Crippen LogP contribution in [0.5, 0.6) is 0 Å². The number of esters is 1. The number of hydrogen-bond acceptors (Lipinski definition) is 7. The first-order chi connectivity index (χ1) is 23.3. The molecule has 0 saturated carbocycles. The number of rotatable bonds is 34. The van der Waals surface area contributed by atoms with Crippen molar-refractivity contribution in [3.63, 3.8) is 0 Å². The van der Waals surface area contributed by atoms with Gasteiger partial charge in [0.1, 0.15) is 12.7 Å². The van der Waals surface area contributed by atoms with Gasteiger partial charge in [-0.25, -0.2) is 4.57 Å². The third kappa shape index (κ3) is 35.3. The maximum atomic E-state index is 12.0. The first-order valence-corrected chi connectivity index (χ1v) is 20.1. The van der Waals surface area contributed by atoms with Gasteiger partial charge < -0.3 is 20.1 Å². The van der Waals surface area contributed by atoms with Gasteiger partial charge in [0.15, 0.2) is 0 Å². The molecule has 0 spiro atoms. The first-order valence-electron chi connectivity index (χ1n) is 18.6. The van der Waals surface area contributed by atoms with E-state index in [2.05, 4.69) is 67.8 Å². The lowest BCUT2D eigenvalue weighted by molar-refractivity contribution is -0.147. The lowest BCUT2D eigenvalue weighted by Crippen LogP contribution is -2.27. The van der Waals surface area contributed by atoms with Gasteiger partial charge in [-0.1, -0.05) is 120 Å². The van der Waals surface area contributed by atoms with Crippen molar-refractivity contribution in [1.29, 1.82) is 0 Å². The fourth-order valence-corrected chi connectivity index (χ4v) is 5.45. The van der Waals surface area contributed by atoms with Crippen LogP contribution in [0.15, 0.2) is 48.6 Å². The molecule has 0 aliphatic rings. The molecule has 278 valence electrons. The van der Waals surface area contributed by atoms with Gasteiger partial charge >= 0.3 is 13.8 Å². The van der Waals surface area contributed by atoms with Gasteiger partial charge in [0.2, 0.25) is 5.91 Å². The largest absolute Gasteiger partial charge is 0.472 e. The Morgan fingerprint density at radius 1 is 0.667 bits per heavy atom. The summed E-state index contributed by atoms with van der Waals surface area (Å²) in [4.78, 5) is 33.7. The number of aliphatic hydroxyl groups is 1. The SMILES string of the molecule is CC/C=C\C/C=C\C/C=C\CCCCCCCCCC(=O)OCC(O)COP(=O)(O)OCCNC(=O)CCCCCCC/C=C\CCC. The molecule has 3 N–H and O–H groups in total. The van der Waals surface area contributed by atoms with E-state index in [9.17, 15) is 24.2 Å². The molecule has 0 aliphatic carbocycles. The zero-order chi connectivity index (χ0) is 35.4. The molecule has 0 aliphatic heterocycles. The van der Waals surface area contributed by atoms with Crippen molar-refractivity contribution in [3.05, 3.63) is 48.6 Å². The smallest absolute Gasteiger partial charge is 0.463 e. The highest BCUT2D eigenvalue weighted by Crippen LogP contribution is 2.42. The number of hydrogen-bond donors (Lipinski definition) is 3.